The highest BCUT2D eigenvalue weighted by Gasteiger charge is 2.54. The predicted molar refractivity (Wildman–Crippen MR) is 170 cm³/mol. The van der Waals surface area contributed by atoms with E-state index in [2.05, 4.69) is 0 Å². The van der Waals surface area contributed by atoms with Crippen LogP contribution >= 0.6 is 11.6 Å². The molecule has 3 saturated heterocycles. The normalized spacial score (nSPS) is 47.0. The number of aliphatic hydroxyl groups is 7. The molecule has 5 rings (SSSR count). The second-order valence-corrected chi connectivity index (χ2v) is 13.5. The fraction of sp³-hybridized carbons (Fsp3) is 0.800. The summed E-state index contributed by atoms with van der Waals surface area (Å²) in [5.74, 6) is 0. The van der Waals surface area contributed by atoms with Gasteiger partial charge in [-0.1, -0.05) is 23.7 Å². The monoisotopic (exact) mass is 739 g/mol. The SMILES string of the molecule is NC[C@@H]1O[C@H](O[C@H]2[C@@H](O)[C@H](O[C@@H]3[C@@H](O)[C@H](N)C[C@H](N)[C@H]3O[C@H]3O[C@H](CO)[C@@H](OCc4ccc(Cl)cc4)[C@H](O)[C@H]3N)O[C@@H]2CO)[C@H](N)[C@@H](O)[C@@H]1O. The zero-order valence-electron chi connectivity index (χ0n) is 27.1. The molecular formula is C30H50ClN5O14. The van der Waals surface area contributed by atoms with E-state index in [0.29, 0.717) is 5.02 Å². The molecule has 17 N–H and O–H groups in total. The van der Waals surface area contributed by atoms with E-state index in [0.717, 1.165) is 5.56 Å². The van der Waals surface area contributed by atoms with Gasteiger partial charge in [-0.3, -0.25) is 0 Å². The van der Waals surface area contributed by atoms with Gasteiger partial charge in [-0.15, -0.1) is 0 Å². The molecule has 1 saturated carbocycles. The summed E-state index contributed by atoms with van der Waals surface area (Å²) >= 11 is 5.95. The Bertz CT molecular complexity index is 1210. The van der Waals surface area contributed by atoms with Crippen LogP contribution in [0.4, 0.5) is 0 Å². The Morgan fingerprint density at radius 3 is 1.78 bits per heavy atom. The van der Waals surface area contributed by atoms with E-state index in [1.165, 1.54) is 0 Å². The lowest BCUT2D eigenvalue weighted by atomic mass is 9.84. The van der Waals surface area contributed by atoms with Crippen molar-refractivity contribution in [1.29, 1.82) is 0 Å². The van der Waals surface area contributed by atoms with Gasteiger partial charge in [0, 0.05) is 23.7 Å². The third kappa shape index (κ3) is 8.43. The van der Waals surface area contributed by atoms with Crippen molar-refractivity contribution >= 4 is 11.6 Å². The molecule has 0 radical (unpaired) electrons. The number of nitrogens with two attached hydrogens (primary N) is 5. The molecule has 0 amide bonds. The quantitative estimate of drug-likeness (QED) is 0.0949. The number of hydrogen-bond acceptors (Lipinski definition) is 19. The standard InChI is InChI=1S/C30H50ClN5O14/c31-11-3-1-10(2-4-11)9-44-25-15(7-37)46-29(18(36)22(25)42)48-24-13(34)5-12(33)19(39)27(24)50-30-23(43)26(16(8-38)47-30)49-28-17(35)21(41)20(40)14(6-32)45-28/h1-4,12-30,37-43H,5-9,32-36H2/t12-,13+,14+,15-,16-,17-,18-,19+,20-,21-,22-,23-,24-,25-,26-,27-,28-,29-,30+/m1/s1. The highest BCUT2D eigenvalue weighted by molar-refractivity contribution is 6.30. The van der Waals surface area contributed by atoms with Gasteiger partial charge in [-0.2, -0.15) is 0 Å². The summed E-state index contributed by atoms with van der Waals surface area (Å²) in [5.41, 5.74) is 31.3. The molecular weight excluding hydrogens is 690 g/mol. The first-order valence-corrected chi connectivity index (χ1v) is 16.8. The molecule has 286 valence electrons. The molecule has 50 heavy (non-hydrogen) atoms. The minimum Gasteiger partial charge on any atom is -0.394 e. The maximum Gasteiger partial charge on any atom is 0.187 e. The molecule has 4 aliphatic rings. The second kappa shape index (κ2) is 17.3. The fourth-order valence-corrected chi connectivity index (χ4v) is 6.79. The summed E-state index contributed by atoms with van der Waals surface area (Å²) in [6.07, 6.45) is -19.8. The van der Waals surface area contributed by atoms with Crippen LogP contribution in [-0.2, 0) is 39.8 Å². The topological polar surface area (TPSA) is 336 Å². The molecule has 4 fully saturated rings. The lowest BCUT2D eigenvalue weighted by Gasteiger charge is -2.47. The highest BCUT2D eigenvalue weighted by Crippen LogP contribution is 2.34. The number of aliphatic hydroxyl groups excluding tert-OH is 7. The van der Waals surface area contributed by atoms with Crippen LogP contribution in [-0.4, -0.2) is 172 Å². The molecule has 1 aromatic rings. The van der Waals surface area contributed by atoms with E-state index >= 15 is 0 Å². The van der Waals surface area contributed by atoms with Crippen LogP contribution in [0.3, 0.4) is 0 Å². The smallest absolute Gasteiger partial charge is 0.187 e. The van der Waals surface area contributed by atoms with Gasteiger partial charge in [-0.05, 0) is 24.1 Å². The maximum atomic E-state index is 11.3. The molecule has 1 aliphatic carbocycles. The molecule has 0 bridgehead atoms. The first kappa shape index (κ1) is 39.9. The van der Waals surface area contributed by atoms with Gasteiger partial charge in [-0.25, -0.2) is 0 Å². The van der Waals surface area contributed by atoms with Crippen LogP contribution in [0.1, 0.15) is 12.0 Å². The molecule has 0 unspecified atom stereocenters. The van der Waals surface area contributed by atoms with Gasteiger partial charge in [0.1, 0.15) is 67.1 Å². The molecule has 20 heteroatoms. The zero-order chi connectivity index (χ0) is 36.4. The third-order valence-electron chi connectivity index (χ3n) is 9.65. The Morgan fingerprint density at radius 1 is 0.620 bits per heavy atom. The van der Waals surface area contributed by atoms with E-state index < -0.39 is 129 Å². The summed E-state index contributed by atoms with van der Waals surface area (Å²) in [6, 6.07) is 2.60. The summed E-state index contributed by atoms with van der Waals surface area (Å²) < 4.78 is 41.2. The summed E-state index contributed by atoms with van der Waals surface area (Å²) in [7, 11) is 0. The van der Waals surface area contributed by atoms with Crippen LogP contribution in [0.5, 0.6) is 0 Å². The first-order chi connectivity index (χ1) is 23.8. The Balaban J connectivity index is 1.27. The summed E-state index contributed by atoms with van der Waals surface area (Å²) in [4.78, 5) is 0. The van der Waals surface area contributed by atoms with E-state index in [1.807, 2.05) is 0 Å². The van der Waals surface area contributed by atoms with Gasteiger partial charge in [0.05, 0.1) is 38.0 Å². The predicted octanol–water partition coefficient (Wildman–Crippen LogP) is -5.98. The Kier molecular flexibility index (Phi) is 13.8. The third-order valence-corrected chi connectivity index (χ3v) is 9.90. The molecule has 19 nitrogen and oxygen atoms in total. The minimum absolute atomic E-state index is 0.0582. The Morgan fingerprint density at radius 2 is 1.16 bits per heavy atom. The van der Waals surface area contributed by atoms with Crippen LogP contribution < -0.4 is 28.7 Å². The molecule has 0 spiro atoms. The zero-order valence-corrected chi connectivity index (χ0v) is 27.8. The molecule has 1 aromatic carbocycles. The lowest BCUT2D eigenvalue weighted by Crippen LogP contribution is -2.68. The first-order valence-electron chi connectivity index (χ1n) is 16.4. The van der Waals surface area contributed by atoms with E-state index in [-0.39, 0.29) is 19.6 Å². The summed E-state index contributed by atoms with van der Waals surface area (Å²) in [5, 5.41) is 74.8. The molecule has 0 aromatic heterocycles. The van der Waals surface area contributed by atoms with Crippen LogP contribution in [0.15, 0.2) is 24.3 Å². The largest absolute Gasteiger partial charge is 0.394 e. The van der Waals surface area contributed by atoms with E-state index in [9.17, 15) is 35.7 Å². The average Bonchev–Trinajstić information content (AvgIpc) is 3.40. The number of halogens is 1. The van der Waals surface area contributed by atoms with Crippen LogP contribution in [0.2, 0.25) is 5.02 Å². The van der Waals surface area contributed by atoms with Gasteiger partial charge in [0.2, 0.25) is 0 Å². The fourth-order valence-electron chi connectivity index (χ4n) is 6.66. The number of benzene rings is 1. The number of hydrogen-bond donors (Lipinski definition) is 12. The van der Waals surface area contributed by atoms with Gasteiger partial charge in [0.25, 0.3) is 0 Å². The maximum absolute atomic E-state index is 11.3. The van der Waals surface area contributed by atoms with Crippen molar-refractivity contribution in [3.63, 3.8) is 0 Å². The molecule has 19 atom stereocenters. The van der Waals surface area contributed by atoms with Crippen molar-refractivity contribution in [2.75, 3.05) is 19.8 Å². The van der Waals surface area contributed by atoms with Crippen molar-refractivity contribution in [2.45, 2.75) is 129 Å². The van der Waals surface area contributed by atoms with Crippen molar-refractivity contribution in [3.8, 4) is 0 Å². The summed E-state index contributed by atoms with van der Waals surface area (Å²) in [6.45, 7) is -1.34. The van der Waals surface area contributed by atoms with Crippen molar-refractivity contribution < 1.29 is 68.9 Å². The number of rotatable bonds is 12. The van der Waals surface area contributed by atoms with Crippen molar-refractivity contribution in [2.24, 2.45) is 28.7 Å². The minimum atomic E-state index is -1.63. The van der Waals surface area contributed by atoms with E-state index in [4.69, 9.17) is 73.4 Å². The van der Waals surface area contributed by atoms with Crippen LogP contribution in [0.25, 0.3) is 0 Å². The second-order valence-electron chi connectivity index (χ2n) is 13.1. The lowest BCUT2D eigenvalue weighted by molar-refractivity contribution is -0.315. The van der Waals surface area contributed by atoms with E-state index in [1.54, 1.807) is 24.3 Å². The molecule has 3 heterocycles. The molecule has 3 aliphatic heterocycles. The van der Waals surface area contributed by atoms with Crippen LogP contribution in [0, 0.1) is 0 Å². The number of ether oxygens (including phenoxy) is 7. The van der Waals surface area contributed by atoms with Gasteiger partial charge in [0.15, 0.2) is 18.9 Å². The Hall–Kier alpha value is -1.25. The van der Waals surface area contributed by atoms with Gasteiger partial charge >= 0.3 is 0 Å². The van der Waals surface area contributed by atoms with Gasteiger partial charge < -0.3 is 97.6 Å². The van der Waals surface area contributed by atoms with Crippen molar-refractivity contribution in [1.82, 2.24) is 0 Å². The Labute approximate surface area is 293 Å². The van der Waals surface area contributed by atoms with Crippen molar-refractivity contribution in [3.05, 3.63) is 34.9 Å². The highest BCUT2D eigenvalue weighted by atomic mass is 35.5. The average molecular weight is 740 g/mol.